The number of nitrogens with zero attached hydrogens (tertiary/aromatic N) is 2. The summed E-state index contributed by atoms with van der Waals surface area (Å²) in [5.74, 6) is -0.247. The molecule has 6 heteroatoms. The summed E-state index contributed by atoms with van der Waals surface area (Å²) in [6.07, 6.45) is 5.39. The summed E-state index contributed by atoms with van der Waals surface area (Å²) >= 11 is 0. The summed E-state index contributed by atoms with van der Waals surface area (Å²) in [7, 11) is 0. The number of anilines is 1. The molecule has 2 aliphatic rings. The Morgan fingerprint density at radius 1 is 1.43 bits per heavy atom. The minimum absolute atomic E-state index is 0.0864. The Balaban J connectivity index is 1.71. The van der Waals surface area contributed by atoms with Crippen LogP contribution < -0.4 is 5.32 Å². The van der Waals surface area contributed by atoms with Crippen LogP contribution in [0.1, 0.15) is 44.3 Å². The summed E-state index contributed by atoms with van der Waals surface area (Å²) in [5, 5.41) is 17.5. The molecule has 0 spiro atoms. The van der Waals surface area contributed by atoms with Gasteiger partial charge in [-0.25, -0.2) is 0 Å². The van der Waals surface area contributed by atoms with Crippen LogP contribution in [0.15, 0.2) is 6.20 Å². The number of amides is 1. The van der Waals surface area contributed by atoms with Crippen LogP contribution in [0, 0.1) is 12.8 Å². The molecule has 1 unspecified atom stereocenters. The fourth-order valence-corrected chi connectivity index (χ4v) is 2.92. The molecular formula is C15H23N3O3. The van der Waals surface area contributed by atoms with Gasteiger partial charge in [0.05, 0.1) is 23.6 Å². The van der Waals surface area contributed by atoms with Gasteiger partial charge in [0.25, 0.3) is 5.91 Å². The van der Waals surface area contributed by atoms with Gasteiger partial charge < -0.3 is 15.2 Å². The van der Waals surface area contributed by atoms with Crippen molar-refractivity contribution < 1.29 is 14.6 Å². The number of aliphatic hydroxyl groups is 1. The maximum absolute atomic E-state index is 12.2. The molecule has 0 bridgehead atoms. The molecule has 1 saturated heterocycles. The van der Waals surface area contributed by atoms with Crippen LogP contribution in [0.4, 0.5) is 5.69 Å². The second kappa shape index (κ2) is 5.42. The van der Waals surface area contributed by atoms with Crippen molar-refractivity contribution in [2.45, 2.75) is 51.2 Å². The number of ether oxygens (including phenoxy) is 1. The van der Waals surface area contributed by atoms with Gasteiger partial charge in [-0.05, 0) is 45.4 Å². The number of hydrogen-bond donors (Lipinski definition) is 2. The molecule has 3 rings (SSSR count). The average molecular weight is 293 g/mol. The summed E-state index contributed by atoms with van der Waals surface area (Å²) in [5.41, 5.74) is 0.335. The van der Waals surface area contributed by atoms with E-state index in [0.717, 1.165) is 44.6 Å². The molecule has 2 heterocycles. The lowest BCUT2D eigenvalue weighted by Crippen LogP contribution is -2.42. The molecule has 1 aliphatic carbocycles. The summed E-state index contributed by atoms with van der Waals surface area (Å²) < 4.78 is 7.33. The maximum atomic E-state index is 12.2. The van der Waals surface area contributed by atoms with Gasteiger partial charge in [-0.2, -0.15) is 5.10 Å². The van der Waals surface area contributed by atoms with Crippen molar-refractivity contribution in [3.63, 3.8) is 0 Å². The Bertz CT molecular complexity index is 528. The summed E-state index contributed by atoms with van der Waals surface area (Å²) in [6, 6.07) is 0.327. The molecule has 6 nitrogen and oxygen atoms in total. The van der Waals surface area contributed by atoms with Crippen molar-refractivity contribution in [3.8, 4) is 0 Å². The smallest absolute Gasteiger partial charge is 0.256 e. The minimum atomic E-state index is -1.28. The van der Waals surface area contributed by atoms with Gasteiger partial charge >= 0.3 is 0 Å². The summed E-state index contributed by atoms with van der Waals surface area (Å²) in [6.45, 7) is 5.05. The second-order valence-corrected chi connectivity index (χ2v) is 6.31. The van der Waals surface area contributed by atoms with E-state index < -0.39 is 5.60 Å². The normalized spacial score (nSPS) is 22.8. The van der Waals surface area contributed by atoms with Crippen LogP contribution in [0.2, 0.25) is 0 Å². The number of carbonyl (C=O) groups excluding carboxylic acids is 1. The van der Waals surface area contributed by atoms with Crippen molar-refractivity contribution >= 4 is 11.6 Å². The third-order valence-electron chi connectivity index (χ3n) is 4.66. The molecule has 1 aromatic rings. The number of aromatic nitrogens is 2. The zero-order chi connectivity index (χ0) is 15.0. The summed E-state index contributed by atoms with van der Waals surface area (Å²) in [4.78, 5) is 12.2. The van der Waals surface area contributed by atoms with Crippen molar-refractivity contribution in [2.24, 2.45) is 5.92 Å². The molecule has 1 amide bonds. The van der Waals surface area contributed by atoms with Crippen LogP contribution in [0.3, 0.4) is 0 Å². The standard InChI is InChI=1S/C15H23N3O3/c1-10-13(17-14(19)15(2,20)11-3-4-11)9-16-18(10)12-5-7-21-8-6-12/h9,11-12,20H,3-8H2,1-2H3,(H,17,19). The molecule has 0 radical (unpaired) electrons. The van der Waals surface area contributed by atoms with Gasteiger partial charge in [0, 0.05) is 13.2 Å². The number of hydrogen-bond acceptors (Lipinski definition) is 4. The van der Waals surface area contributed by atoms with E-state index in [1.165, 1.54) is 0 Å². The van der Waals surface area contributed by atoms with Gasteiger partial charge in [-0.3, -0.25) is 9.48 Å². The third-order valence-corrected chi connectivity index (χ3v) is 4.66. The van der Waals surface area contributed by atoms with E-state index in [4.69, 9.17) is 4.74 Å². The molecule has 1 aliphatic heterocycles. The van der Waals surface area contributed by atoms with Crippen LogP contribution in [-0.4, -0.2) is 39.6 Å². The second-order valence-electron chi connectivity index (χ2n) is 6.31. The molecule has 0 aromatic carbocycles. The fraction of sp³-hybridized carbons (Fsp3) is 0.733. The highest BCUT2D eigenvalue weighted by molar-refractivity contribution is 5.97. The van der Waals surface area contributed by atoms with Crippen molar-refractivity contribution in [1.29, 1.82) is 0 Å². The third kappa shape index (κ3) is 2.82. The molecule has 1 aromatic heterocycles. The van der Waals surface area contributed by atoms with Crippen molar-refractivity contribution in [3.05, 3.63) is 11.9 Å². The molecule has 116 valence electrons. The van der Waals surface area contributed by atoms with Gasteiger partial charge in [-0.1, -0.05) is 0 Å². The molecular weight excluding hydrogens is 270 g/mol. The van der Waals surface area contributed by atoms with Crippen LogP contribution in [-0.2, 0) is 9.53 Å². The predicted octanol–water partition coefficient (Wildman–Crippen LogP) is 1.64. The van der Waals surface area contributed by atoms with Gasteiger partial charge in [-0.15, -0.1) is 0 Å². The topological polar surface area (TPSA) is 76.4 Å². The minimum Gasteiger partial charge on any atom is -0.381 e. The first kappa shape index (κ1) is 14.5. The van der Waals surface area contributed by atoms with Crippen molar-refractivity contribution in [1.82, 2.24) is 9.78 Å². The molecule has 1 atom stereocenters. The van der Waals surface area contributed by atoms with E-state index in [1.807, 2.05) is 11.6 Å². The quantitative estimate of drug-likeness (QED) is 0.885. The highest BCUT2D eigenvalue weighted by Gasteiger charge is 2.45. The lowest BCUT2D eigenvalue weighted by atomic mass is 9.99. The molecule has 2 fully saturated rings. The average Bonchev–Trinajstić information content (AvgIpc) is 3.27. The maximum Gasteiger partial charge on any atom is 0.256 e. The highest BCUT2D eigenvalue weighted by Crippen LogP contribution is 2.40. The fourth-order valence-electron chi connectivity index (χ4n) is 2.92. The molecule has 21 heavy (non-hydrogen) atoms. The first-order valence-corrected chi connectivity index (χ1v) is 7.66. The van der Waals surface area contributed by atoms with Gasteiger partial charge in [0.1, 0.15) is 5.60 Å². The largest absolute Gasteiger partial charge is 0.381 e. The van der Waals surface area contributed by atoms with Gasteiger partial charge in [0.15, 0.2) is 0 Å². The Morgan fingerprint density at radius 3 is 2.71 bits per heavy atom. The Labute approximate surface area is 124 Å². The SMILES string of the molecule is Cc1c(NC(=O)C(C)(O)C2CC2)cnn1C1CCOCC1. The monoisotopic (exact) mass is 293 g/mol. The molecule has 1 saturated carbocycles. The first-order chi connectivity index (χ1) is 10.00. The number of carbonyl (C=O) groups is 1. The first-order valence-electron chi connectivity index (χ1n) is 7.66. The number of rotatable bonds is 4. The Kier molecular flexibility index (Phi) is 3.75. The van der Waals surface area contributed by atoms with E-state index in [2.05, 4.69) is 10.4 Å². The van der Waals surface area contributed by atoms with E-state index in [1.54, 1.807) is 13.1 Å². The van der Waals surface area contributed by atoms with E-state index in [-0.39, 0.29) is 11.8 Å². The molecule has 2 N–H and O–H groups in total. The zero-order valence-corrected chi connectivity index (χ0v) is 12.6. The lowest BCUT2D eigenvalue weighted by molar-refractivity contribution is -0.134. The Hall–Kier alpha value is -1.40. The van der Waals surface area contributed by atoms with E-state index in [0.29, 0.717) is 11.7 Å². The van der Waals surface area contributed by atoms with E-state index >= 15 is 0 Å². The predicted molar refractivity (Wildman–Crippen MR) is 78.0 cm³/mol. The zero-order valence-electron chi connectivity index (χ0n) is 12.6. The van der Waals surface area contributed by atoms with Crippen molar-refractivity contribution in [2.75, 3.05) is 18.5 Å². The highest BCUT2D eigenvalue weighted by atomic mass is 16.5. The lowest BCUT2D eigenvalue weighted by Gasteiger charge is -2.24. The van der Waals surface area contributed by atoms with Crippen LogP contribution in [0.5, 0.6) is 0 Å². The van der Waals surface area contributed by atoms with Crippen LogP contribution >= 0.6 is 0 Å². The van der Waals surface area contributed by atoms with Gasteiger partial charge in [0.2, 0.25) is 0 Å². The van der Waals surface area contributed by atoms with E-state index in [9.17, 15) is 9.90 Å². The Morgan fingerprint density at radius 2 is 2.10 bits per heavy atom. The number of nitrogens with one attached hydrogen (secondary N) is 1. The van der Waals surface area contributed by atoms with Crippen LogP contribution in [0.25, 0.3) is 0 Å².